The molecule has 3 rings (SSSR count). The van der Waals surface area contributed by atoms with Crippen LogP contribution in [-0.4, -0.2) is 40.3 Å². The predicted octanol–water partition coefficient (Wildman–Crippen LogP) is 4.84. The average molecular weight is 505 g/mol. The zero-order valence-corrected chi connectivity index (χ0v) is 20.5. The Morgan fingerprint density at radius 1 is 1.00 bits per heavy atom. The molecule has 6 nitrogen and oxygen atoms in total. The third kappa shape index (κ3) is 6.90. The molecule has 3 aromatic rings. The summed E-state index contributed by atoms with van der Waals surface area (Å²) in [6, 6.07) is 22.3. The summed E-state index contributed by atoms with van der Waals surface area (Å²) in [6.45, 7) is 0.0759. The van der Waals surface area contributed by atoms with Crippen LogP contribution in [0.4, 0.5) is 5.69 Å². The second-order valence-electron chi connectivity index (χ2n) is 7.00. The van der Waals surface area contributed by atoms with Crippen molar-refractivity contribution in [3.8, 4) is 5.75 Å². The SMILES string of the molecule is COc1ccccc1N(CC(=O)NCCCSc1ccc(Cl)cc1)S(=O)(=O)c1ccccc1. The van der Waals surface area contributed by atoms with E-state index >= 15 is 0 Å². The van der Waals surface area contributed by atoms with Crippen molar-refractivity contribution in [3.05, 3.63) is 83.9 Å². The number of benzene rings is 3. The number of methoxy groups -OCH3 is 1. The lowest BCUT2D eigenvalue weighted by Crippen LogP contribution is -2.41. The number of amides is 1. The van der Waals surface area contributed by atoms with Crippen molar-refractivity contribution in [3.63, 3.8) is 0 Å². The first kappa shape index (κ1) is 25.0. The molecule has 174 valence electrons. The van der Waals surface area contributed by atoms with E-state index in [1.807, 2.05) is 24.3 Å². The lowest BCUT2D eigenvalue weighted by atomic mass is 10.3. The van der Waals surface area contributed by atoms with Crippen LogP contribution in [0.5, 0.6) is 5.75 Å². The van der Waals surface area contributed by atoms with Crippen molar-refractivity contribution in [1.82, 2.24) is 5.32 Å². The van der Waals surface area contributed by atoms with Crippen molar-refractivity contribution in [2.75, 3.05) is 30.3 Å². The summed E-state index contributed by atoms with van der Waals surface area (Å²) >= 11 is 7.56. The number of sulfonamides is 1. The van der Waals surface area contributed by atoms with Gasteiger partial charge in [-0.3, -0.25) is 9.10 Å². The maximum atomic E-state index is 13.4. The molecule has 1 amide bonds. The Morgan fingerprint density at radius 2 is 1.67 bits per heavy atom. The van der Waals surface area contributed by atoms with Crippen LogP contribution in [0.3, 0.4) is 0 Å². The number of nitrogens with zero attached hydrogens (tertiary/aromatic N) is 1. The molecule has 0 saturated heterocycles. The van der Waals surface area contributed by atoms with Crippen LogP contribution in [0.2, 0.25) is 5.02 Å². The Hall–Kier alpha value is -2.68. The van der Waals surface area contributed by atoms with Gasteiger partial charge in [-0.2, -0.15) is 0 Å². The van der Waals surface area contributed by atoms with Crippen LogP contribution < -0.4 is 14.4 Å². The fraction of sp³-hybridized carbons (Fsp3) is 0.208. The maximum Gasteiger partial charge on any atom is 0.264 e. The monoisotopic (exact) mass is 504 g/mol. The third-order valence-corrected chi connectivity index (χ3v) is 7.82. The largest absolute Gasteiger partial charge is 0.495 e. The molecule has 0 aliphatic rings. The normalized spacial score (nSPS) is 11.1. The summed E-state index contributed by atoms with van der Waals surface area (Å²) < 4.78 is 33.2. The number of hydrogen-bond donors (Lipinski definition) is 1. The van der Waals surface area contributed by atoms with Crippen molar-refractivity contribution in [2.24, 2.45) is 0 Å². The van der Waals surface area contributed by atoms with E-state index in [-0.39, 0.29) is 11.4 Å². The van der Waals surface area contributed by atoms with Crippen LogP contribution in [0.25, 0.3) is 0 Å². The number of thioether (sulfide) groups is 1. The van der Waals surface area contributed by atoms with Gasteiger partial charge < -0.3 is 10.1 Å². The average Bonchev–Trinajstić information content (AvgIpc) is 2.84. The van der Waals surface area contributed by atoms with Gasteiger partial charge >= 0.3 is 0 Å². The Labute approximate surface area is 204 Å². The van der Waals surface area contributed by atoms with Gasteiger partial charge in [0.05, 0.1) is 17.7 Å². The van der Waals surface area contributed by atoms with Gasteiger partial charge in [0.2, 0.25) is 5.91 Å². The molecule has 1 N–H and O–H groups in total. The highest BCUT2D eigenvalue weighted by atomic mass is 35.5. The zero-order valence-electron chi connectivity index (χ0n) is 18.1. The standard InChI is InChI=1S/C24H25ClN2O4S2/c1-31-23-11-6-5-10-22(23)27(33(29,30)21-8-3-2-4-9-21)18-24(28)26-16-7-17-32-20-14-12-19(25)13-15-20/h2-6,8-15H,7,16-18H2,1H3,(H,26,28). The van der Waals surface area contributed by atoms with Crippen LogP contribution in [0, 0.1) is 0 Å². The molecule has 9 heteroatoms. The van der Waals surface area contributed by atoms with E-state index in [1.54, 1.807) is 54.2 Å². The molecular weight excluding hydrogens is 480 g/mol. The van der Waals surface area contributed by atoms with Crippen molar-refractivity contribution < 1.29 is 17.9 Å². The smallest absolute Gasteiger partial charge is 0.264 e. The number of para-hydroxylation sites is 2. The highest BCUT2D eigenvalue weighted by Crippen LogP contribution is 2.32. The van der Waals surface area contributed by atoms with E-state index in [4.69, 9.17) is 16.3 Å². The number of rotatable bonds is 11. The lowest BCUT2D eigenvalue weighted by Gasteiger charge is -2.25. The van der Waals surface area contributed by atoms with Gasteiger partial charge in [0, 0.05) is 16.5 Å². The third-order valence-electron chi connectivity index (χ3n) is 4.70. The molecule has 0 bridgehead atoms. The maximum absolute atomic E-state index is 13.4. The fourth-order valence-electron chi connectivity index (χ4n) is 3.06. The predicted molar refractivity (Wildman–Crippen MR) is 134 cm³/mol. The van der Waals surface area contributed by atoms with Gasteiger partial charge in [-0.1, -0.05) is 41.9 Å². The molecule has 0 atom stereocenters. The molecular formula is C24H25ClN2O4S2. The molecule has 0 radical (unpaired) electrons. The van der Waals surface area contributed by atoms with Crippen LogP contribution in [0.15, 0.2) is 88.7 Å². The second kappa shape index (κ2) is 12.0. The Balaban J connectivity index is 1.66. The summed E-state index contributed by atoms with van der Waals surface area (Å²) in [7, 11) is -2.52. The van der Waals surface area contributed by atoms with E-state index in [2.05, 4.69) is 5.32 Å². The number of anilines is 1. The molecule has 0 aliphatic carbocycles. The first-order chi connectivity index (χ1) is 15.9. The highest BCUT2D eigenvalue weighted by molar-refractivity contribution is 7.99. The quantitative estimate of drug-likeness (QED) is 0.298. The second-order valence-corrected chi connectivity index (χ2v) is 10.5. The van der Waals surface area contributed by atoms with Crippen LogP contribution in [0.1, 0.15) is 6.42 Å². The highest BCUT2D eigenvalue weighted by Gasteiger charge is 2.29. The van der Waals surface area contributed by atoms with Gasteiger partial charge in [-0.05, 0) is 60.7 Å². The zero-order chi connectivity index (χ0) is 23.7. The van der Waals surface area contributed by atoms with E-state index < -0.39 is 15.9 Å². The van der Waals surface area contributed by atoms with Crippen molar-refractivity contribution in [2.45, 2.75) is 16.2 Å². The van der Waals surface area contributed by atoms with Gasteiger partial charge in [-0.25, -0.2) is 8.42 Å². The lowest BCUT2D eigenvalue weighted by molar-refractivity contribution is -0.119. The molecule has 0 unspecified atom stereocenters. The summed E-state index contributed by atoms with van der Waals surface area (Å²) in [4.78, 5) is 13.9. The first-order valence-electron chi connectivity index (χ1n) is 10.3. The number of ether oxygens (including phenoxy) is 1. The Morgan fingerprint density at radius 3 is 2.36 bits per heavy atom. The summed E-state index contributed by atoms with van der Waals surface area (Å²) in [6.07, 6.45) is 0.735. The summed E-state index contributed by atoms with van der Waals surface area (Å²) in [5.74, 6) is 0.779. The van der Waals surface area contributed by atoms with E-state index in [9.17, 15) is 13.2 Å². The number of halogens is 1. The van der Waals surface area contributed by atoms with Gasteiger partial charge in [0.15, 0.2) is 0 Å². The molecule has 0 spiro atoms. The van der Waals surface area contributed by atoms with Crippen molar-refractivity contribution in [1.29, 1.82) is 0 Å². The van der Waals surface area contributed by atoms with Gasteiger partial charge in [-0.15, -0.1) is 11.8 Å². The summed E-state index contributed by atoms with van der Waals surface area (Å²) in [5, 5.41) is 3.51. The number of nitrogens with one attached hydrogen (secondary N) is 1. The van der Waals surface area contributed by atoms with E-state index in [0.717, 1.165) is 21.4 Å². The fourth-order valence-corrected chi connectivity index (χ4v) is 5.49. The summed E-state index contributed by atoms with van der Waals surface area (Å²) in [5.41, 5.74) is 0.303. The number of carbonyl (C=O) groups excluding carboxylic acids is 1. The number of hydrogen-bond acceptors (Lipinski definition) is 5. The van der Waals surface area contributed by atoms with Gasteiger partial charge in [0.1, 0.15) is 12.3 Å². The topological polar surface area (TPSA) is 75.7 Å². The molecule has 33 heavy (non-hydrogen) atoms. The van der Waals surface area contributed by atoms with Crippen molar-refractivity contribution >= 4 is 45.0 Å². The Kier molecular flexibility index (Phi) is 9.05. The minimum atomic E-state index is -3.98. The molecule has 0 aliphatic heterocycles. The van der Waals surface area contributed by atoms with E-state index in [1.165, 1.54) is 19.2 Å². The first-order valence-corrected chi connectivity index (χ1v) is 13.1. The molecule has 0 fully saturated rings. The van der Waals surface area contributed by atoms with Crippen LogP contribution >= 0.6 is 23.4 Å². The number of carbonyl (C=O) groups is 1. The van der Waals surface area contributed by atoms with Crippen LogP contribution in [-0.2, 0) is 14.8 Å². The van der Waals surface area contributed by atoms with Gasteiger partial charge in [0.25, 0.3) is 10.0 Å². The van der Waals surface area contributed by atoms with E-state index in [0.29, 0.717) is 23.0 Å². The molecule has 0 aromatic heterocycles. The minimum absolute atomic E-state index is 0.100. The molecule has 0 heterocycles. The minimum Gasteiger partial charge on any atom is -0.495 e. The molecule has 3 aromatic carbocycles. The Bertz CT molecular complexity index is 1160. The molecule has 0 saturated carbocycles.